The number of benzene rings is 1. The number of rotatable bonds is 4. The van der Waals surface area contributed by atoms with Crippen LogP contribution in [0.4, 0.5) is 0 Å². The molecule has 0 unspecified atom stereocenters. The van der Waals surface area contributed by atoms with Crippen molar-refractivity contribution >= 4 is 28.8 Å². The molecule has 0 spiro atoms. The zero-order valence-corrected chi connectivity index (χ0v) is 14.9. The first-order valence-corrected chi connectivity index (χ1v) is 9.03. The molecular weight excluding hydrogens is 362 g/mol. The summed E-state index contributed by atoms with van der Waals surface area (Å²) in [5.41, 5.74) is 3.90. The third-order valence-electron chi connectivity index (χ3n) is 4.07. The van der Waals surface area contributed by atoms with E-state index in [-0.39, 0.29) is 17.7 Å². The molecule has 4 rings (SSSR count). The van der Waals surface area contributed by atoms with Crippen LogP contribution in [0.2, 0.25) is 5.02 Å². The highest BCUT2D eigenvalue weighted by molar-refractivity contribution is 7.08. The Labute approximate surface area is 152 Å². The molecule has 1 aromatic carbocycles. The number of nitrogens with one attached hydrogen (secondary N) is 1. The van der Waals surface area contributed by atoms with E-state index >= 15 is 0 Å². The minimum atomic E-state index is -0.330. The number of nitrogens with zero attached hydrogens (tertiary/aromatic N) is 2. The Morgan fingerprint density at radius 1 is 1.40 bits per heavy atom. The lowest BCUT2D eigenvalue weighted by atomic mass is 10.0. The molecule has 6 nitrogen and oxygen atoms in total. The van der Waals surface area contributed by atoms with Crippen molar-refractivity contribution in [2.45, 2.75) is 19.4 Å². The van der Waals surface area contributed by atoms with Crippen LogP contribution in [-0.2, 0) is 6.42 Å². The monoisotopic (exact) mass is 375 g/mol. The largest absolute Gasteiger partial charge is 0.486 e. The van der Waals surface area contributed by atoms with Gasteiger partial charge in [-0.2, -0.15) is 11.3 Å². The number of aryl methyl sites for hydroxylation is 1. The van der Waals surface area contributed by atoms with E-state index in [2.05, 4.69) is 37.8 Å². The highest BCUT2D eigenvalue weighted by Crippen LogP contribution is 2.39. The number of amides is 1. The SMILES string of the molecule is Cc1nonc1C(=O)NC[C@@H]1Cc2cc(-c3ccsc3)cc(Cl)c2O1. The maximum atomic E-state index is 12.1. The molecule has 0 aliphatic carbocycles. The van der Waals surface area contributed by atoms with E-state index in [0.717, 1.165) is 16.7 Å². The molecule has 1 aliphatic rings. The van der Waals surface area contributed by atoms with Crippen molar-refractivity contribution in [3.63, 3.8) is 0 Å². The fourth-order valence-corrected chi connectivity index (χ4v) is 3.77. The second-order valence-corrected chi connectivity index (χ2v) is 7.00. The van der Waals surface area contributed by atoms with E-state index in [9.17, 15) is 4.79 Å². The van der Waals surface area contributed by atoms with Crippen molar-refractivity contribution in [1.82, 2.24) is 15.6 Å². The standard InChI is InChI=1S/C17H14ClN3O3S/c1-9-15(21-24-20-9)17(22)19-7-13-5-12-4-11(10-2-3-25-8-10)6-14(18)16(12)23-13/h2-4,6,8,13H,5,7H2,1H3,(H,19,22)/t13-/m0/s1. The molecule has 8 heteroatoms. The van der Waals surface area contributed by atoms with Gasteiger partial charge >= 0.3 is 0 Å². The maximum Gasteiger partial charge on any atom is 0.275 e. The molecule has 0 fully saturated rings. The fourth-order valence-electron chi connectivity index (χ4n) is 2.82. The minimum Gasteiger partial charge on any atom is -0.486 e. The number of hydrogen-bond donors (Lipinski definition) is 1. The Morgan fingerprint density at radius 2 is 2.28 bits per heavy atom. The number of fused-ring (bicyclic) bond motifs is 1. The second-order valence-electron chi connectivity index (χ2n) is 5.81. The summed E-state index contributed by atoms with van der Waals surface area (Å²) in [5.74, 6) is 0.363. The average Bonchev–Trinajstić information content (AvgIpc) is 3.32. The van der Waals surface area contributed by atoms with Crippen LogP contribution in [-0.4, -0.2) is 28.9 Å². The van der Waals surface area contributed by atoms with Crippen LogP contribution >= 0.6 is 22.9 Å². The van der Waals surface area contributed by atoms with Crippen molar-refractivity contribution in [2.24, 2.45) is 0 Å². The van der Waals surface area contributed by atoms with Crippen LogP contribution < -0.4 is 10.1 Å². The predicted octanol–water partition coefficient (Wildman–Crippen LogP) is 3.49. The predicted molar refractivity (Wildman–Crippen MR) is 94.3 cm³/mol. The normalized spacial score (nSPS) is 15.7. The lowest BCUT2D eigenvalue weighted by Gasteiger charge is -2.11. The number of hydrogen-bond acceptors (Lipinski definition) is 6. The zero-order chi connectivity index (χ0) is 17.4. The van der Waals surface area contributed by atoms with Gasteiger partial charge in [0.2, 0.25) is 0 Å². The molecule has 1 N–H and O–H groups in total. The van der Waals surface area contributed by atoms with E-state index < -0.39 is 0 Å². The first kappa shape index (κ1) is 16.1. The molecule has 128 valence electrons. The number of halogens is 1. The topological polar surface area (TPSA) is 77.2 Å². The number of carbonyl (C=O) groups is 1. The summed E-state index contributed by atoms with van der Waals surface area (Å²) >= 11 is 8.03. The minimum absolute atomic E-state index is 0.172. The van der Waals surface area contributed by atoms with Gasteiger partial charge in [0.1, 0.15) is 17.5 Å². The van der Waals surface area contributed by atoms with Crippen LogP contribution in [0, 0.1) is 6.92 Å². The molecule has 0 saturated carbocycles. The van der Waals surface area contributed by atoms with E-state index in [0.29, 0.717) is 29.4 Å². The molecule has 1 amide bonds. The van der Waals surface area contributed by atoms with Crippen LogP contribution in [0.15, 0.2) is 33.6 Å². The Bertz CT molecular complexity index is 923. The molecule has 1 aliphatic heterocycles. The van der Waals surface area contributed by atoms with Crippen molar-refractivity contribution in [3.05, 3.63) is 50.9 Å². The van der Waals surface area contributed by atoms with Crippen molar-refractivity contribution in [3.8, 4) is 16.9 Å². The van der Waals surface area contributed by atoms with Gasteiger partial charge in [0, 0.05) is 12.0 Å². The van der Waals surface area contributed by atoms with Gasteiger partial charge in [-0.1, -0.05) is 16.8 Å². The van der Waals surface area contributed by atoms with Gasteiger partial charge in [-0.25, -0.2) is 4.63 Å². The van der Waals surface area contributed by atoms with E-state index in [1.54, 1.807) is 18.3 Å². The second kappa shape index (κ2) is 6.50. The molecule has 3 heterocycles. The summed E-state index contributed by atoms with van der Waals surface area (Å²) in [4.78, 5) is 12.1. The number of thiophene rings is 1. The van der Waals surface area contributed by atoms with E-state index in [1.165, 1.54) is 0 Å². The summed E-state index contributed by atoms with van der Waals surface area (Å²) in [5, 5.41) is 14.7. The summed E-state index contributed by atoms with van der Waals surface area (Å²) < 4.78 is 10.4. The van der Waals surface area contributed by atoms with Gasteiger partial charge in [0.05, 0.1) is 11.6 Å². The number of aromatic nitrogens is 2. The summed E-state index contributed by atoms with van der Waals surface area (Å²) in [7, 11) is 0. The molecule has 2 aromatic heterocycles. The Hall–Kier alpha value is -2.38. The number of carbonyl (C=O) groups excluding carboxylic acids is 1. The Morgan fingerprint density at radius 3 is 3.00 bits per heavy atom. The van der Waals surface area contributed by atoms with Gasteiger partial charge in [0.25, 0.3) is 5.91 Å². The molecular formula is C17H14ClN3O3S. The van der Waals surface area contributed by atoms with Gasteiger partial charge in [0.15, 0.2) is 5.69 Å². The maximum absolute atomic E-state index is 12.1. The first-order valence-electron chi connectivity index (χ1n) is 7.71. The lowest BCUT2D eigenvalue weighted by Crippen LogP contribution is -2.34. The van der Waals surface area contributed by atoms with Crippen molar-refractivity contribution < 1.29 is 14.2 Å². The zero-order valence-electron chi connectivity index (χ0n) is 13.3. The van der Waals surface area contributed by atoms with Gasteiger partial charge in [-0.05, 0) is 52.2 Å². The Balaban J connectivity index is 1.45. The van der Waals surface area contributed by atoms with Gasteiger partial charge in [-0.15, -0.1) is 0 Å². The molecule has 0 saturated heterocycles. The summed E-state index contributed by atoms with van der Waals surface area (Å²) in [6.45, 7) is 2.02. The smallest absolute Gasteiger partial charge is 0.275 e. The van der Waals surface area contributed by atoms with Gasteiger partial charge < -0.3 is 10.1 Å². The fraction of sp³-hybridized carbons (Fsp3) is 0.235. The quantitative estimate of drug-likeness (QED) is 0.755. The molecule has 25 heavy (non-hydrogen) atoms. The first-order chi connectivity index (χ1) is 12.1. The molecule has 3 aromatic rings. The van der Waals surface area contributed by atoms with Crippen LogP contribution in [0.25, 0.3) is 11.1 Å². The van der Waals surface area contributed by atoms with Crippen LogP contribution in [0.3, 0.4) is 0 Å². The van der Waals surface area contributed by atoms with Crippen molar-refractivity contribution in [2.75, 3.05) is 6.54 Å². The average molecular weight is 376 g/mol. The molecule has 1 atom stereocenters. The lowest BCUT2D eigenvalue weighted by molar-refractivity contribution is 0.0923. The molecule has 0 radical (unpaired) electrons. The van der Waals surface area contributed by atoms with Gasteiger partial charge in [-0.3, -0.25) is 4.79 Å². The highest BCUT2D eigenvalue weighted by atomic mass is 35.5. The van der Waals surface area contributed by atoms with Crippen LogP contribution in [0.1, 0.15) is 21.7 Å². The third-order valence-corrected chi connectivity index (χ3v) is 5.03. The summed E-state index contributed by atoms with van der Waals surface area (Å²) in [6, 6.07) is 6.06. The highest BCUT2D eigenvalue weighted by Gasteiger charge is 2.27. The molecule has 0 bridgehead atoms. The van der Waals surface area contributed by atoms with Crippen molar-refractivity contribution in [1.29, 1.82) is 0 Å². The van der Waals surface area contributed by atoms with Crippen LogP contribution in [0.5, 0.6) is 5.75 Å². The van der Waals surface area contributed by atoms with E-state index in [4.69, 9.17) is 16.3 Å². The number of ether oxygens (including phenoxy) is 1. The van der Waals surface area contributed by atoms with E-state index in [1.807, 2.05) is 11.4 Å². The Kier molecular flexibility index (Phi) is 4.19. The third kappa shape index (κ3) is 3.12. The summed E-state index contributed by atoms with van der Waals surface area (Å²) in [6.07, 6.45) is 0.512.